The van der Waals surface area contributed by atoms with Crippen molar-refractivity contribution >= 4 is 0 Å². The first kappa shape index (κ1) is 129. The van der Waals surface area contributed by atoms with E-state index in [4.69, 9.17) is 0 Å². The van der Waals surface area contributed by atoms with Crippen LogP contribution in [-0.2, 0) is 0 Å². The average Bonchev–Trinajstić information content (AvgIpc) is 0. The molecule has 0 aromatic rings. The smallest absolute Gasteiger partial charge is 1.00 e. The van der Waals surface area contributed by atoms with Crippen LogP contribution < -0.4 is 207 Å². The minimum absolute atomic E-state index is 0. The van der Waals surface area contributed by atoms with Crippen molar-refractivity contribution in [2.24, 2.45) is 0 Å². The summed E-state index contributed by atoms with van der Waals surface area (Å²) in [6.07, 6.45) is 0. The Kier molecular flexibility index (Phi) is 1170. The third-order valence-electron chi connectivity index (χ3n) is 0. The fourth-order valence-electron chi connectivity index (χ4n) is 0. The molecule has 0 bridgehead atoms. The molecule has 0 aliphatic heterocycles. The van der Waals surface area contributed by atoms with E-state index in [9.17, 15) is 0 Å². The molecule has 0 aliphatic rings. The first-order valence-electron chi connectivity index (χ1n) is 0. The van der Waals surface area contributed by atoms with Crippen molar-refractivity contribution in [3.8, 4) is 0 Å². The largest absolute Gasteiger partial charge is 1.00 e. The second kappa shape index (κ2) is 109. The van der Waals surface area contributed by atoms with Crippen molar-refractivity contribution in [1.29, 1.82) is 0 Å². The first-order chi connectivity index (χ1) is 0. The summed E-state index contributed by atoms with van der Waals surface area (Å²) in [6, 6.07) is 0. The summed E-state index contributed by atoms with van der Waals surface area (Å²) >= 11 is 0. The summed E-state index contributed by atoms with van der Waals surface area (Å²) in [5.41, 5.74) is 0. The van der Waals surface area contributed by atoms with Gasteiger partial charge in [-0.05, 0) is 0 Å². The maximum absolute atomic E-state index is 0. The van der Waals surface area contributed by atoms with Crippen molar-refractivity contribution in [2.75, 3.05) is 0 Å². The molecule has 0 saturated carbocycles. The summed E-state index contributed by atoms with van der Waals surface area (Å²) in [6.45, 7) is 0. The third kappa shape index (κ3) is 90.7. The van der Waals surface area contributed by atoms with Crippen molar-refractivity contribution in [3.05, 3.63) is 0 Å². The normalized spacial score (nSPS) is 0. The van der Waals surface area contributed by atoms with Crippen LogP contribution >= 0.6 is 0 Å². The maximum Gasteiger partial charge on any atom is 1.00 e. The fourth-order valence-corrected chi connectivity index (χ4v) is 0. The molecule has 0 aliphatic carbocycles. The van der Waals surface area contributed by atoms with E-state index in [1.807, 2.05) is 0 Å². The quantitative estimate of drug-likeness (QED) is 0.378. The van der Waals surface area contributed by atoms with Gasteiger partial charge in [-0.1, -0.05) is 0 Å². The second-order valence-corrected chi connectivity index (χ2v) is 0. The Bertz CT molecular complexity index is 29.8. The summed E-state index contributed by atoms with van der Waals surface area (Å²) in [5.74, 6) is 0. The summed E-state index contributed by atoms with van der Waals surface area (Å²) in [7, 11) is 0. The zero-order valence-electron chi connectivity index (χ0n) is 16.5. The molecule has 5 nitrogen and oxygen atoms in total. The minimum Gasteiger partial charge on any atom is -1.00 e. The van der Waals surface area contributed by atoms with Crippen LogP contribution in [0, 0.1) is 0 Å². The zero-order chi connectivity index (χ0) is 0. The zero-order valence-corrected chi connectivity index (χ0v) is 23.5. The van der Waals surface area contributed by atoms with Gasteiger partial charge in [0.2, 0.25) is 0 Å². The second-order valence-electron chi connectivity index (χ2n) is 0. The summed E-state index contributed by atoms with van der Waals surface area (Å²) in [5, 5.41) is 0. The van der Waals surface area contributed by atoms with Crippen LogP contribution in [0.4, 0.5) is 0 Å². The van der Waals surface area contributed by atoms with Gasteiger partial charge in [-0.3, -0.25) is 0 Å². The predicted molar refractivity (Wildman–Crippen MR) is 25.9 cm³/mol. The Balaban J connectivity index is 0. The molecule has 0 radical (unpaired) electrons. The molecule has 0 heterocycles. The van der Waals surface area contributed by atoms with E-state index in [2.05, 4.69) is 0 Å². The van der Waals surface area contributed by atoms with Gasteiger partial charge in [-0.15, -0.1) is 0 Å². The number of hydrogen-bond acceptors (Lipinski definition) is 0. The van der Waals surface area contributed by atoms with Crippen LogP contribution in [0.25, 0.3) is 0 Å². The Hall–Kier alpha value is 6.80. The van der Waals surface area contributed by atoms with Gasteiger partial charge in [-0.25, -0.2) is 0 Å². The molecular weight excluding hydrogens is 241 g/mol. The number of rotatable bonds is 0. The standard InChI is InChI=1S/7Na.5H2O.7H/h;;;;;;;5*1H2;;;;;;;/q7*+1;;;;;;7*-1. The molecule has 0 aromatic carbocycles. The molecule has 0 rings (SSSR count). The van der Waals surface area contributed by atoms with Crippen LogP contribution in [-0.4, -0.2) is 27.4 Å². The van der Waals surface area contributed by atoms with Crippen molar-refractivity contribution in [2.45, 2.75) is 0 Å². The topological polar surface area (TPSA) is 158 Å². The van der Waals surface area contributed by atoms with Crippen LogP contribution in [0.5, 0.6) is 0 Å². The SMILES string of the molecule is O.O.O.O.O.[H-].[H-].[H-].[H-].[H-].[H-].[H-].[Na+].[Na+].[Na+].[Na+].[Na+].[Na+].[Na+]. The van der Waals surface area contributed by atoms with E-state index in [-0.39, 0.29) is 244 Å². The molecule has 0 amide bonds. The Labute approximate surface area is 238 Å². The summed E-state index contributed by atoms with van der Waals surface area (Å²) < 4.78 is 0. The monoisotopic (exact) mass is 258 g/mol. The maximum atomic E-state index is 0. The average molecular weight is 258 g/mol. The molecule has 0 atom stereocenters. The van der Waals surface area contributed by atoms with Crippen molar-refractivity contribution in [3.63, 3.8) is 0 Å². The van der Waals surface area contributed by atoms with Gasteiger partial charge in [0.05, 0.1) is 0 Å². The molecule has 0 aromatic heterocycles. The van der Waals surface area contributed by atoms with E-state index in [0.29, 0.717) is 0 Å². The van der Waals surface area contributed by atoms with Gasteiger partial charge in [-0.2, -0.15) is 0 Å². The number of hydrogen-bond donors (Lipinski definition) is 0. The molecule has 54 valence electrons. The molecule has 0 unspecified atom stereocenters. The van der Waals surface area contributed by atoms with E-state index < -0.39 is 0 Å². The molecule has 0 fully saturated rings. The summed E-state index contributed by atoms with van der Waals surface area (Å²) in [4.78, 5) is 0. The van der Waals surface area contributed by atoms with Gasteiger partial charge in [0, 0.05) is 0 Å². The molecule has 10 N–H and O–H groups in total. The molecule has 0 saturated heterocycles. The fraction of sp³-hybridized carbons (Fsp3) is 0. The third-order valence-corrected chi connectivity index (χ3v) is 0. The van der Waals surface area contributed by atoms with Crippen LogP contribution in [0.1, 0.15) is 9.99 Å². The molecule has 12 heavy (non-hydrogen) atoms. The van der Waals surface area contributed by atoms with Crippen LogP contribution in [0.3, 0.4) is 0 Å². The predicted octanol–water partition coefficient (Wildman–Crippen LogP) is -24.3. The van der Waals surface area contributed by atoms with E-state index >= 15 is 0 Å². The van der Waals surface area contributed by atoms with Crippen LogP contribution in [0.2, 0.25) is 0 Å². The first-order valence-corrected chi connectivity index (χ1v) is 0. The van der Waals surface area contributed by atoms with Crippen LogP contribution in [0.15, 0.2) is 0 Å². The Morgan fingerprint density at radius 2 is 0.250 bits per heavy atom. The molecular formula is H17Na7O5. The van der Waals surface area contributed by atoms with Crippen molar-refractivity contribution < 1.29 is 244 Å². The minimum atomic E-state index is 0. The van der Waals surface area contributed by atoms with E-state index in [0.717, 1.165) is 0 Å². The molecule has 0 spiro atoms. The van der Waals surface area contributed by atoms with Gasteiger partial charge in [0.25, 0.3) is 0 Å². The van der Waals surface area contributed by atoms with Gasteiger partial charge in [0.15, 0.2) is 0 Å². The molecule has 12 heteroatoms. The Morgan fingerprint density at radius 1 is 0.250 bits per heavy atom. The van der Waals surface area contributed by atoms with Gasteiger partial charge >= 0.3 is 207 Å². The van der Waals surface area contributed by atoms with E-state index in [1.165, 1.54) is 0 Å². The van der Waals surface area contributed by atoms with Crippen molar-refractivity contribution in [1.82, 2.24) is 0 Å². The van der Waals surface area contributed by atoms with E-state index in [1.54, 1.807) is 0 Å². The Morgan fingerprint density at radius 3 is 0.250 bits per heavy atom. The van der Waals surface area contributed by atoms with Gasteiger partial charge in [0.1, 0.15) is 0 Å². The van der Waals surface area contributed by atoms with Gasteiger partial charge < -0.3 is 37.4 Å².